The number of likely N-dealkylation sites (tertiary alicyclic amines) is 1. The standard InChI is InChI=1S/C10H19N3O3/c11-10(15)16-7-4-12-8-9(14)13-5-2-1-3-6-13/h12H,1-8H2,(H2,11,15). The van der Waals surface area contributed by atoms with E-state index in [1.54, 1.807) is 0 Å². The second-order valence-corrected chi connectivity index (χ2v) is 3.79. The maximum Gasteiger partial charge on any atom is 0.404 e. The summed E-state index contributed by atoms with van der Waals surface area (Å²) in [6.45, 7) is 2.66. The SMILES string of the molecule is NC(=O)OCCNCC(=O)N1CCCCC1. The highest BCUT2D eigenvalue weighted by atomic mass is 16.5. The van der Waals surface area contributed by atoms with E-state index in [1.165, 1.54) is 6.42 Å². The van der Waals surface area contributed by atoms with E-state index >= 15 is 0 Å². The van der Waals surface area contributed by atoms with Crippen LogP contribution in [0.2, 0.25) is 0 Å². The quantitative estimate of drug-likeness (QED) is 0.633. The molecule has 0 unspecified atom stereocenters. The van der Waals surface area contributed by atoms with Gasteiger partial charge in [0.2, 0.25) is 5.91 Å². The molecule has 0 spiro atoms. The van der Waals surface area contributed by atoms with Gasteiger partial charge in [-0.2, -0.15) is 0 Å². The Morgan fingerprint density at radius 3 is 2.56 bits per heavy atom. The lowest BCUT2D eigenvalue weighted by molar-refractivity contribution is -0.131. The number of carbonyl (C=O) groups is 2. The minimum Gasteiger partial charge on any atom is -0.448 e. The van der Waals surface area contributed by atoms with Crippen molar-refractivity contribution in [3.8, 4) is 0 Å². The van der Waals surface area contributed by atoms with Gasteiger partial charge >= 0.3 is 6.09 Å². The molecular weight excluding hydrogens is 210 g/mol. The molecule has 0 atom stereocenters. The van der Waals surface area contributed by atoms with Gasteiger partial charge in [-0.3, -0.25) is 4.79 Å². The van der Waals surface area contributed by atoms with Crippen LogP contribution in [0, 0.1) is 0 Å². The van der Waals surface area contributed by atoms with Crippen molar-refractivity contribution in [2.75, 3.05) is 32.8 Å². The summed E-state index contributed by atoms with van der Waals surface area (Å²) in [6.07, 6.45) is 2.61. The molecule has 3 N–H and O–H groups in total. The average Bonchev–Trinajstić information content (AvgIpc) is 2.29. The molecule has 92 valence electrons. The van der Waals surface area contributed by atoms with Crippen LogP contribution in [0.1, 0.15) is 19.3 Å². The highest BCUT2D eigenvalue weighted by Gasteiger charge is 2.15. The molecular formula is C10H19N3O3. The first kappa shape index (κ1) is 12.8. The van der Waals surface area contributed by atoms with Gasteiger partial charge in [-0.1, -0.05) is 0 Å². The highest BCUT2D eigenvalue weighted by Crippen LogP contribution is 2.07. The zero-order valence-electron chi connectivity index (χ0n) is 9.41. The number of nitrogens with zero attached hydrogens (tertiary/aromatic N) is 1. The van der Waals surface area contributed by atoms with E-state index in [0.29, 0.717) is 13.1 Å². The van der Waals surface area contributed by atoms with Crippen LogP contribution in [-0.2, 0) is 9.53 Å². The molecule has 0 bridgehead atoms. The third-order valence-electron chi connectivity index (χ3n) is 2.51. The van der Waals surface area contributed by atoms with Crippen molar-refractivity contribution in [1.82, 2.24) is 10.2 Å². The van der Waals surface area contributed by atoms with E-state index in [-0.39, 0.29) is 12.5 Å². The maximum atomic E-state index is 11.6. The fourth-order valence-corrected chi connectivity index (χ4v) is 1.67. The summed E-state index contributed by atoms with van der Waals surface area (Å²) in [4.78, 5) is 23.7. The topological polar surface area (TPSA) is 84.7 Å². The summed E-state index contributed by atoms with van der Waals surface area (Å²) in [7, 11) is 0. The smallest absolute Gasteiger partial charge is 0.404 e. The first-order chi connectivity index (χ1) is 7.70. The molecule has 0 aromatic carbocycles. The molecule has 2 amide bonds. The lowest BCUT2D eigenvalue weighted by Crippen LogP contribution is -2.41. The number of carbonyl (C=O) groups excluding carboxylic acids is 2. The van der Waals surface area contributed by atoms with Gasteiger partial charge in [0.1, 0.15) is 6.61 Å². The fraction of sp³-hybridized carbons (Fsp3) is 0.800. The van der Waals surface area contributed by atoms with Crippen molar-refractivity contribution >= 4 is 12.0 Å². The second-order valence-electron chi connectivity index (χ2n) is 3.79. The molecule has 0 radical (unpaired) electrons. The van der Waals surface area contributed by atoms with Crippen LogP contribution in [0.3, 0.4) is 0 Å². The Bertz CT molecular complexity index is 239. The van der Waals surface area contributed by atoms with Gasteiger partial charge in [0, 0.05) is 19.6 Å². The third-order valence-corrected chi connectivity index (χ3v) is 2.51. The summed E-state index contributed by atoms with van der Waals surface area (Å²) in [5, 5.41) is 2.91. The molecule has 6 heteroatoms. The predicted octanol–water partition coefficient (Wildman–Crippen LogP) is -0.316. The van der Waals surface area contributed by atoms with E-state index in [4.69, 9.17) is 5.73 Å². The molecule has 1 heterocycles. The number of nitrogens with one attached hydrogen (secondary N) is 1. The van der Waals surface area contributed by atoms with Gasteiger partial charge in [-0.25, -0.2) is 4.79 Å². The van der Waals surface area contributed by atoms with Crippen LogP contribution in [0.5, 0.6) is 0 Å². The Hall–Kier alpha value is -1.30. The lowest BCUT2D eigenvalue weighted by Gasteiger charge is -2.26. The molecule has 0 aliphatic carbocycles. The van der Waals surface area contributed by atoms with Crippen molar-refractivity contribution in [1.29, 1.82) is 0 Å². The molecule has 0 saturated carbocycles. The van der Waals surface area contributed by atoms with Gasteiger partial charge in [0.15, 0.2) is 0 Å². The van der Waals surface area contributed by atoms with E-state index in [0.717, 1.165) is 25.9 Å². The molecule has 6 nitrogen and oxygen atoms in total. The van der Waals surface area contributed by atoms with Crippen LogP contribution < -0.4 is 11.1 Å². The van der Waals surface area contributed by atoms with Crippen LogP contribution in [0.15, 0.2) is 0 Å². The molecule has 1 aliphatic rings. The number of hydrogen-bond acceptors (Lipinski definition) is 4. The van der Waals surface area contributed by atoms with Crippen LogP contribution >= 0.6 is 0 Å². The van der Waals surface area contributed by atoms with Crippen molar-refractivity contribution in [2.45, 2.75) is 19.3 Å². The highest BCUT2D eigenvalue weighted by molar-refractivity contribution is 5.78. The molecule has 0 aromatic rings. The summed E-state index contributed by atoms with van der Waals surface area (Å²) < 4.78 is 4.52. The zero-order valence-corrected chi connectivity index (χ0v) is 9.41. The van der Waals surface area contributed by atoms with E-state index in [2.05, 4.69) is 10.1 Å². The minimum absolute atomic E-state index is 0.110. The monoisotopic (exact) mass is 229 g/mol. The number of rotatable bonds is 5. The van der Waals surface area contributed by atoms with Crippen LogP contribution in [0.4, 0.5) is 4.79 Å². The van der Waals surface area contributed by atoms with Crippen molar-refractivity contribution < 1.29 is 14.3 Å². The molecule has 1 rings (SSSR count). The Morgan fingerprint density at radius 1 is 1.25 bits per heavy atom. The number of piperidine rings is 1. The average molecular weight is 229 g/mol. The largest absolute Gasteiger partial charge is 0.448 e. The van der Waals surface area contributed by atoms with E-state index in [9.17, 15) is 9.59 Å². The fourth-order valence-electron chi connectivity index (χ4n) is 1.67. The van der Waals surface area contributed by atoms with Gasteiger partial charge in [-0.15, -0.1) is 0 Å². The van der Waals surface area contributed by atoms with Crippen LogP contribution in [0.25, 0.3) is 0 Å². The number of amides is 2. The third kappa shape index (κ3) is 4.97. The number of nitrogens with two attached hydrogens (primary N) is 1. The van der Waals surface area contributed by atoms with Gasteiger partial charge < -0.3 is 20.7 Å². The molecule has 16 heavy (non-hydrogen) atoms. The van der Waals surface area contributed by atoms with Gasteiger partial charge in [0.05, 0.1) is 6.54 Å². The predicted molar refractivity (Wildman–Crippen MR) is 58.8 cm³/mol. The van der Waals surface area contributed by atoms with Crippen molar-refractivity contribution in [3.05, 3.63) is 0 Å². The van der Waals surface area contributed by atoms with Crippen molar-refractivity contribution in [2.24, 2.45) is 5.73 Å². The molecule has 1 saturated heterocycles. The lowest BCUT2D eigenvalue weighted by atomic mass is 10.1. The molecule has 1 aliphatic heterocycles. The van der Waals surface area contributed by atoms with E-state index < -0.39 is 6.09 Å². The number of ether oxygens (including phenoxy) is 1. The normalized spacial score (nSPS) is 15.9. The first-order valence-electron chi connectivity index (χ1n) is 5.61. The minimum atomic E-state index is -0.788. The Labute approximate surface area is 95.1 Å². The van der Waals surface area contributed by atoms with Crippen LogP contribution in [-0.4, -0.2) is 49.7 Å². The summed E-state index contributed by atoms with van der Waals surface area (Å²) in [5.41, 5.74) is 4.79. The Morgan fingerprint density at radius 2 is 1.94 bits per heavy atom. The Balaban J connectivity index is 2.03. The molecule has 0 aromatic heterocycles. The second kappa shape index (κ2) is 7.05. The van der Waals surface area contributed by atoms with E-state index in [1.807, 2.05) is 4.90 Å². The summed E-state index contributed by atoms with van der Waals surface area (Å²) in [6, 6.07) is 0. The van der Waals surface area contributed by atoms with Gasteiger partial charge in [0.25, 0.3) is 0 Å². The maximum absolute atomic E-state index is 11.6. The summed E-state index contributed by atoms with van der Waals surface area (Å²) in [5.74, 6) is 0.110. The van der Waals surface area contributed by atoms with Gasteiger partial charge in [-0.05, 0) is 19.3 Å². The summed E-state index contributed by atoms with van der Waals surface area (Å²) >= 11 is 0. The molecule has 1 fully saturated rings. The number of primary amides is 1. The van der Waals surface area contributed by atoms with Crippen molar-refractivity contribution in [3.63, 3.8) is 0 Å². The Kier molecular flexibility index (Phi) is 5.63. The zero-order chi connectivity index (χ0) is 11.8. The number of hydrogen-bond donors (Lipinski definition) is 2. The first-order valence-corrected chi connectivity index (χ1v) is 5.61.